The molecule has 1 heterocycles. The molecule has 0 bridgehead atoms. The minimum Gasteiger partial charge on any atom is -0.507 e. The number of carbonyl (C=O) groups excluding carboxylic acids is 4. The topological polar surface area (TPSA) is 263 Å². The number of aliphatic hydroxyl groups is 3. The SMILES string of the molecule is COc1cc(C)c(C(=O)Oc2cc(C)c(C(=O)Oc3cc(C)c(C(=O)N[C@@H](C)C(=O)O)c(O)c3)c(O[C@@H]3O[C@H](CO)[C@@H](O)[C@H](O)[C@H]3OC(C)=O)c2)c(OC)c1. The molecule has 0 spiro atoms. The summed E-state index contributed by atoms with van der Waals surface area (Å²) in [5, 5.41) is 53.1. The first-order valence-corrected chi connectivity index (χ1v) is 16.6. The maximum absolute atomic E-state index is 13.9. The van der Waals surface area contributed by atoms with Crippen LogP contribution in [0.2, 0.25) is 0 Å². The van der Waals surface area contributed by atoms with Crippen LogP contribution in [-0.2, 0) is 19.1 Å². The minimum atomic E-state index is -1.83. The van der Waals surface area contributed by atoms with Gasteiger partial charge in [0.2, 0.25) is 6.29 Å². The van der Waals surface area contributed by atoms with Gasteiger partial charge >= 0.3 is 23.9 Å². The van der Waals surface area contributed by atoms with E-state index in [0.717, 1.165) is 19.1 Å². The molecule has 4 rings (SSSR count). The van der Waals surface area contributed by atoms with Crippen molar-refractivity contribution in [3.63, 3.8) is 0 Å². The summed E-state index contributed by atoms with van der Waals surface area (Å²) in [6.07, 6.45) is -8.45. The van der Waals surface area contributed by atoms with Gasteiger partial charge in [0.15, 0.2) is 6.10 Å². The molecule has 1 aliphatic rings. The van der Waals surface area contributed by atoms with Crippen LogP contribution in [0.4, 0.5) is 0 Å². The molecule has 0 aliphatic carbocycles. The number of aliphatic carboxylic acids is 1. The Hall–Kier alpha value is -5.95. The van der Waals surface area contributed by atoms with Crippen LogP contribution in [0.5, 0.6) is 34.5 Å². The van der Waals surface area contributed by atoms with Gasteiger partial charge in [0.1, 0.15) is 70.0 Å². The summed E-state index contributed by atoms with van der Waals surface area (Å²) in [5.74, 6) is -6.03. The van der Waals surface area contributed by atoms with Gasteiger partial charge in [-0.3, -0.25) is 14.4 Å². The number of aryl methyl sites for hydroxylation is 3. The summed E-state index contributed by atoms with van der Waals surface area (Å²) in [6.45, 7) is 5.92. The Bertz CT molecular complexity index is 1950. The molecule has 0 radical (unpaired) electrons. The van der Waals surface area contributed by atoms with Crippen LogP contribution in [-0.4, -0.2) is 113 Å². The summed E-state index contributed by atoms with van der Waals surface area (Å²) in [4.78, 5) is 63.3. The number of rotatable bonds is 13. The summed E-state index contributed by atoms with van der Waals surface area (Å²) in [6, 6.07) is 6.37. The average molecular weight is 772 g/mol. The second kappa shape index (κ2) is 17.5. The van der Waals surface area contributed by atoms with Gasteiger partial charge in [-0.15, -0.1) is 0 Å². The molecule has 1 fully saturated rings. The lowest BCUT2D eigenvalue weighted by molar-refractivity contribution is -0.281. The van der Waals surface area contributed by atoms with Crippen LogP contribution in [0.15, 0.2) is 36.4 Å². The molecule has 296 valence electrons. The molecule has 3 aromatic carbocycles. The zero-order chi connectivity index (χ0) is 40.9. The van der Waals surface area contributed by atoms with E-state index >= 15 is 0 Å². The lowest BCUT2D eigenvalue weighted by atomic mass is 9.99. The summed E-state index contributed by atoms with van der Waals surface area (Å²) in [5.41, 5.74) is 0.0923. The van der Waals surface area contributed by atoms with Crippen molar-refractivity contribution in [1.29, 1.82) is 0 Å². The molecule has 1 amide bonds. The number of amides is 1. The van der Waals surface area contributed by atoms with E-state index in [1.54, 1.807) is 13.0 Å². The lowest BCUT2D eigenvalue weighted by Crippen LogP contribution is -2.61. The van der Waals surface area contributed by atoms with Crippen molar-refractivity contribution in [1.82, 2.24) is 5.32 Å². The minimum absolute atomic E-state index is 0.0464. The average Bonchev–Trinajstić information content (AvgIpc) is 3.09. The summed E-state index contributed by atoms with van der Waals surface area (Å²) < 4.78 is 38.7. The smallest absolute Gasteiger partial charge is 0.347 e. The van der Waals surface area contributed by atoms with Gasteiger partial charge in [0.25, 0.3) is 5.91 Å². The Morgan fingerprint density at radius 3 is 1.82 bits per heavy atom. The monoisotopic (exact) mass is 771 g/mol. The zero-order valence-corrected chi connectivity index (χ0v) is 30.8. The maximum atomic E-state index is 13.9. The van der Waals surface area contributed by atoms with Crippen molar-refractivity contribution in [2.24, 2.45) is 0 Å². The van der Waals surface area contributed by atoms with Crippen molar-refractivity contribution < 1.29 is 82.7 Å². The first-order chi connectivity index (χ1) is 25.9. The number of aromatic hydroxyl groups is 1. The number of hydrogen-bond acceptors (Lipinski definition) is 16. The molecule has 1 aliphatic heterocycles. The van der Waals surface area contributed by atoms with Gasteiger partial charge in [0, 0.05) is 25.1 Å². The Kier molecular flexibility index (Phi) is 13.3. The molecule has 3 aromatic rings. The molecule has 6 N–H and O–H groups in total. The number of hydrogen-bond donors (Lipinski definition) is 6. The van der Waals surface area contributed by atoms with Crippen LogP contribution in [0.25, 0.3) is 0 Å². The van der Waals surface area contributed by atoms with E-state index in [-0.39, 0.29) is 45.1 Å². The first kappa shape index (κ1) is 41.8. The molecule has 0 saturated carbocycles. The van der Waals surface area contributed by atoms with E-state index in [0.29, 0.717) is 11.3 Å². The number of phenolic OH excluding ortho intramolecular Hbond substituents is 1. The number of nitrogens with one attached hydrogen (secondary N) is 1. The van der Waals surface area contributed by atoms with E-state index in [4.69, 9.17) is 38.3 Å². The third-order valence-electron chi connectivity index (χ3n) is 8.43. The fourth-order valence-corrected chi connectivity index (χ4v) is 5.73. The third kappa shape index (κ3) is 9.41. The van der Waals surface area contributed by atoms with Gasteiger partial charge in [-0.05, 0) is 62.6 Å². The number of carbonyl (C=O) groups is 5. The van der Waals surface area contributed by atoms with Crippen LogP contribution in [0.1, 0.15) is 61.6 Å². The number of aliphatic hydroxyl groups excluding tert-OH is 3. The molecule has 18 nitrogen and oxygen atoms in total. The Labute approximate surface area is 314 Å². The predicted octanol–water partition coefficient (Wildman–Crippen LogP) is 1.73. The summed E-state index contributed by atoms with van der Waals surface area (Å²) >= 11 is 0. The number of carboxylic acid groups (broad SMARTS) is 1. The molecule has 0 unspecified atom stereocenters. The Balaban J connectivity index is 1.77. The number of methoxy groups -OCH3 is 2. The molecule has 0 aromatic heterocycles. The van der Waals surface area contributed by atoms with Crippen molar-refractivity contribution in [3.05, 3.63) is 69.8 Å². The van der Waals surface area contributed by atoms with E-state index in [1.807, 2.05) is 0 Å². The highest BCUT2D eigenvalue weighted by atomic mass is 16.7. The molecule has 18 heteroatoms. The van der Waals surface area contributed by atoms with Crippen LogP contribution in [0, 0.1) is 20.8 Å². The Morgan fingerprint density at radius 1 is 0.782 bits per heavy atom. The van der Waals surface area contributed by atoms with Crippen molar-refractivity contribution in [3.8, 4) is 34.5 Å². The number of esters is 3. The predicted molar refractivity (Wildman–Crippen MR) is 187 cm³/mol. The molecular weight excluding hydrogens is 730 g/mol. The zero-order valence-electron chi connectivity index (χ0n) is 30.8. The number of carboxylic acids is 1. The second-order valence-corrected chi connectivity index (χ2v) is 12.5. The highest BCUT2D eigenvalue weighted by molar-refractivity contribution is 6.01. The molecule has 6 atom stereocenters. The lowest BCUT2D eigenvalue weighted by Gasteiger charge is -2.41. The largest absolute Gasteiger partial charge is 0.507 e. The summed E-state index contributed by atoms with van der Waals surface area (Å²) in [7, 11) is 2.79. The van der Waals surface area contributed by atoms with Gasteiger partial charge in [-0.25, -0.2) is 9.59 Å². The van der Waals surface area contributed by atoms with E-state index in [1.165, 1.54) is 53.2 Å². The Morgan fingerprint density at radius 2 is 1.31 bits per heavy atom. The normalized spacial score (nSPS) is 19.7. The molecule has 55 heavy (non-hydrogen) atoms. The van der Waals surface area contributed by atoms with E-state index in [9.17, 15) is 44.4 Å². The number of phenols is 1. The van der Waals surface area contributed by atoms with E-state index < -0.39 is 84.6 Å². The van der Waals surface area contributed by atoms with Crippen molar-refractivity contribution in [2.45, 2.75) is 71.4 Å². The quantitative estimate of drug-likeness (QED) is 0.107. The fraction of sp³-hybridized carbons (Fsp3) is 0.378. The highest BCUT2D eigenvalue weighted by Crippen LogP contribution is 2.36. The van der Waals surface area contributed by atoms with Gasteiger partial charge in [0.05, 0.1) is 26.4 Å². The van der Waals surface area contributed by atoms with Gasteiger partial charge in [-0.1, -0.05) is 0 Å². The van der Waals surface area contributed by atoms with Crippen LogP contribution in [0.3, 0.4) is 0 Å². The second-order valence-electron chi connectivity index (χ2n) is 12.5. The van der Waals surface area contributed by atoms with Gasteiger partial charge in [-0.2, -0.15) is 0 Å². The number of benzene rings is 3. The molecular formula is C37H41NO17. The van der Waals surface area contributed by atoms with E-state index in [2.05, 4.69) is 5.32 Å². The fourth-order valence-electron chi connectivity index (χ4n) is 5.73. The highest BCUT2D eigenvalue weighted by Gasteiger charge is 2.48. The van der Waals surface area contributed by atoms with Crippen LogP contribution < -0.4 is 29.0 Å². The standard InChI is InChI=1S/C37H41NO17/c1-15-9-21(11-23(41)27(15)33(44)38-18(4)34(45)46)52-36(48)29-17(3)10-22(53-35(47)28-16(2)8-20(49-6)12-24(28)50-7)13-25(29)54-37-32(51-19(5)40)31(43)30(42)26(14-39)55-37/h8-13,18,26,30-32,37,39,41-43H,14H2,1-7H3,(H,38,44)(H,45,46)/t18-,26+,30+,31-,32+,37+/m0/s1. The van der Waals surface area contributed by atoms with Gasteiger partial charge < -0.3 is 64.0 Å². The number of ether oxygens (including phenoxy) is 7. The maximum Gasteiger partial charge on any atom is 0.347 e. The first-order valence-electron chi connectivity index (χ1n) is 16.6. The van der Waals surface area contributed by atoms with Crippen LogP contribution >= 0.6 is 0 Å². The van der Waals surface area contributed by atoms with Crippen molar-refractivity contribution in [2.75, 3.05) is 20.8 Å². The third-order valence-corrected chi connectivity index (χ3v) is 8.43. The molecule has 1 saturated heterocycles. The van der Waals surface area contributed by atoms with Crippen molar-refractivity contribution >= 4 is 29.8 Å².